The zero-order valence-electron chi connectivity index (χ0n) is 11.1. The maximum Gasteiger partial charge on any atom is 0.143 e. The van der Waals surface area contributed by atoms with Crippen LogP contribution in [0.3, 0.4) is 0 Å². The monoisotopic (exact) mass is 354 g/mol. The van der Waals surface area contributed by atoms with Gasteiger partial charge in [-0.1, -0.05) is 18.2 Å². The Balaban J connectivity index is 1.89. The molecule has 2 nitrogen and oxygen atoms in total. The molecule has 0 radical (unpaired) electrons. The topological polar surface area (TPSA) is 26.3 Å². The average molecular weight is 355 g/mol. The Morgan fingerprint density at radius 2 is 1.81 bits per heavy atom. The number of hydrogen-bond acceptors (Lipinski definition) is 2. The van der Waals surface area contributed by atoms with Gasteiger partial charge in [0.25, 0.3) is 0 Å². The van der Waals surface area contributed by atoms with Crippen molar-refractivity contribution in [1.29, 1.82) is 0 Å². The zero-order valence-corrected chi connectivity index (χ0v) is 12.7. The summed E-state index contributed by atoms with van der Waals surface area (Å²) in [7, 11) is 0. The first-order valence-corrected chi connectivity index (χ1v) is 7.19. The van der Waals surface area contributed by atoms with E-state index in [4.69, 9.17) is 4.74 Å². The van der Waals surface area contributed by atoms with Crippen LogP contribution in [0.5, 0.6) is 5.75 Å². The minimum Gasteiger partial charge on any atom is -0.493 e. The normalized spacial score (nSPS) is 10.4. The second-order valence-corrected chi connectivity index (χ2v) is 5.30. The van der Waals surface area contributed by atoms with Crippen molar-refractivity contribution in [2.75, 3.05) is 6.61 Å². The van der Waals surface area contributed by atoms with Crippen LogP contribution in [0.25, 0.3) is 0 Å². The smallest absolute Gasteiger partial charge is 0.143 e. The molecule has 0 heterocycles. The van der Waals surface area contributed by atoms with Crippen molar-refractivity contribution >= 4 is 21.7 Å². The number of halogens is 3. The van der Waals surface area contributed by atoms with Crippen LogP contribution < -0.4 is 4.74 Å². The molecule has 0 aliphatic heterocycles. The van der Waals surface area contributed by atoms with Gasteiger partial charge in [-0.2, -0.15) is 0 Å². The van der Waals surface area contributed by atoms with Crippen molar-refractivity contribution in [2.45, 2.75) is 12.8 Å². The molecule has 2 aromatic rings. The summed E-state index contributed by atoms with van der Waals surface area (Å²) in [6.45, 7) is 0.181. The number of hydrogen-bond donors (Lipinski definition) is 0. The minimum absolute atomic E-state index is 0.0975. The van der Waals surface area contributed by atoms with Crippen LogP contribution in [-0.2, 0) is 11.2 Å². The molecule has 0 fully saturated rings. The fourth-order valence-electron chi connectivity index (χ4n) is 1.82. The molecular weight excluding hydrogens is 342 g/mol. The van der Waals surface area contributed by atoms with E-state index in [1.807, 2.05) is 18.2 Å². The van der Waals surface area contributed by atoms with Crippen molar-refractivity contribution in [3.63, 3.8) is 0 Å². The van der Waals surface area contributed by atoms with Gasteiger partial charge in [0.1, 0.15) is 23.2 Å². The Labute approximate surface area is 129 Å². The van der Waals surface area contributed by atoms with E-state index in [0.29, 0.717) is 5.75 Å². The lowest BCUT2D eigenvalue weighted by Crippen LogP contribution is -2.11. The maximum absolute atomic E-state index is 13.7. The number of carbonyl (C=O) groups is 1. The molecule has 0 aromatic heterocycles. The van der Waals surface area contributed by atoms with Crippen LogP contribution in [0.4, 0.5) is 8.78 Å². The van der Waals surface area contributed by atoms with Crippen molar-refractivity contribution in [1.82, 2.24) is 0 Å². The summed E-state index contributed by atoms with van der Waals surface area (Å²) in [4.78, 5) is 11.8. The first kappa shape index (κ1) is 15.6. The highest BCUT2D eigenvalue weighted by atomic mass is 79.9. The minimum atomic E-state index is -0.729. The van der Waals surface area contributed by atoms with Crippen molar-refractivity contribution in [3.8, 4) is 5.75 Å². The summed E-state index contributed by atoms with van der Waals surface area (Å²) in [6.07, 6.45) is -0.185. The third-order valence-corrected chi connectivity index (χ3v) is 3.52. The van der Waals surface area contributed by atoms with E-state index in [2.05, 4.69) is 15.9 Å². The largest absolute Gasteiger partial charge is 0.493 e. The predicted molar refractivity (Wildman–Crippen MR) is 79.3 cm³/mol. The Bertz CT molecular complexity index is 630. The SMILES string of the molecule is O=C(CCOc1ccccc1)Cc1c(F)ccc(Br)c1F. The van der Waals surface area contributed by atoms with Crippen LogP contribution in [0.2, 0.25) is 0 Å². The Hall–Kier alpha value is -1.75. The first-order valence-electron chi connectivity index (χ1n) is 6.40. The summed E-state index contributed by atoms with van der Waals surface area (Å²) in [6, 6.07) is 11.5. The first-order chi connectivity index (χ1) is 10.1. The van der Waals surface area contributed by atoms with Crippen molar-refractivity contribution in [3.05, 3.63) is 64.1 Å². The lowest BCUT2D eigenvalue weighted by molar-refractivity contribution is -0.119. The Morgan fingerprint density at radius 3 is 2.52 bits per heavy atom. The van der Waals surface area contributed by atoms with Crippen molar-refractivity contribution in [2.24, 2.45) is 0 Å². The summed E-state index contributed by atoms with van der Waals surface area (Å²) in [5.74, 6) is -1.06. The van der Waals surface area contributed by atoms with Gasteiger partial charge in [0.05, 0.1) is 11.1 Å². The summed E-state index contributed by atoms with van der Waals surface area (Å²) in [5, 5.41) is 0. The lowest BCUT2D eigenvalue weighted by Gasteiger charge is -2.07. The van der Waals surface area contributed by atoms with E-state index in [1.165, 1.54) is 6.07 Å². The number of benzene rings is 2. The third kappa shape index (κ3) is 4.36. The molecule has 21 heavy (non-hydrogen) atoms. The van der Waals surface area contributed by atoms with Crippen LogP contribution in [-0.4, -0.2) is 12.4 Å². The molecule has 0 unspecified atom stereocenters. The molecule has 2 rings (SSSR count). The fourth-order valence-corrected chi connectivity index (χ4v) is 2.19. The van der Waals surface area contributed by atoms with Crippen molar-refractivity contribution < 1.29 is 18.3 Å². The second kappa shape index (κ2) is 7.31. The molecule has 0 saturated heterocycles. The molecular formula is C16H13BrF2O2. The molecule has 2 aromatic carbocycles. The quantitative estimate of drug-likeness (QED) is 0.722. The van der Waals surface area contributed by atoms with E-state index in [9.17, 15) is 13.6 Å². The van der Waals surface area contributed by atoms with Gasteiger partial charge in [-0.3, -0.25) is 4.79 Å². The third-order valence-electron chi connectivity index (χ3n) is 2.91. The van der Waals surface area contributed by atoms with Gasteiger partial charge in [-0.25, -0.2) is 8.78 Å². The number of carbonyl (C=O) groups excluding carboxylic acids is 1. The van der Waals surface area contributed by atoms with E-state index in [1.54, 1.807) is 12.1 Å². The molecule has 0 spiro atoms. The van der Waals surface area contributed by atoms with Gasteiger partial charge < -0.3 is 4.74 Å². The number of ether oxygens (including phenoxy) is 1. The van der Waals surface area contributed by atoms with Gasteiger partial charge in [-0.15, -0.1) is 0 Å². The van der Waals surface area contributed by atoms with E-state index >= 15 is 0 Å². The van der Waals surface area contributed by atoms with Gasteiger partial charge in [0.15, 0.2) is 0 Å². The van der Waals surface area contributed by atoms with E-state index < -0.39 is 11.6 Å². The molecule has 0 N–H and O–H groups in total. The molecule has 0 bridgehead atoms. The Kier molecular flexibility index (Phi) is 5.44. The Morgan fingerprint density at radius 1 is 1.10 bits per heavy atom. The molecule has 0 amide bonds. The highest BCUT2D eigenvalue weighted by Gasteiger charge is 2.15. The van der Waals surface area contributed by atoms with Gasteiger partial charge in [0, 0.05) is 18.4 Å². The standard InChI is InChI=1S/C16H13BrF2O2/c17-14-6-7-15(18)13(16(14)19)10-11(20)8-9-21-12-4-2-1-3-5-12/h1-7H,8-10H2. The van der Waals surface area contributed by atoms with Gasteiger partial charge >= 0.3 is 0 Å². The highest BCUT2D eigenvalue weighted by Crippen LogP contribution is 2.22. The zero-order chi connectivity index (χ0) is 15.2. The number of ketones is 1. The molecule has 0 aliphatic carbocycles. The second-order valence-electron chi connectivity index (χ2n) is 4.45. The van der Waals surface area contributed by atoms with Crippen LogP contribution in [0.1, 0.15) is 12.0 Å². The summed E-state index contributed by atoms with van der Waals surface area (Å²) >= 11 is 2.98. The summed E-state index contributed by atoms with van der Waals surface area (Å²) < 4.78 is 32.8. The summed E-state index contributed by atoms with van der Waals surface area (Å²) in [5.41, 5.74) is -0.214. The number of Topliss-reactive ketones (excluding diaryl/α,β-unsaturated/α-hetero) is 1. The van der Waals surface area contributed by atoms with Gasteiger partial charge in [0.2, 0.25) is 0 Å². The highest BCUT2D eigenvalue weighted by molar-refractivity contribution is 9.10. The van der Waals surface area contributed by atoms with Gasteiger partial charge in [-0.05, 0) is 40.2 Å². The lowest BCUT2D eigenvalue weighted by atomic mass is 10.1. The van der Waals surface area contributed by atoms with Crippen LogP contribution in [0, 0.1) is 11.6 Å². The predicted octanol–water partition coefficient (Wildman–Crippen LogP) is 4.31. The van der Waals surface area contributed by atoms with E-state index in [-0.39, 0.29) is 35.3 Å². The molecule has 0 aliphatic rings. The van der Waals surface area contributed by atoms with Crippen LogP contribution in [0.15, 0.2) is 46.9 Å². The average Bonchev–Trinajstić information content (AvgIpc) is 2.49. The molecule has 110 valence electrons. The van der Waals surface area contributed by atoms with Crippen LogP contribution >= 0.6 is 15.9 Å². The molecule has 5 heteroatoms. The number of para-hydroxylation sites is 1. The number of rotatable bonds is 6. The fraction of sp³-hybridized carbons (Fsp3) is 0.188. The maximum atomic E-state index is 13.7. The molecule has 0 saturated carbocycles. The molecule has 0 atom stereocenters. The van der Waals surface area contributed by atoms with E-state index in [0.717, 1.165) is 6.07 Å².